The molecule has 0 unspecified atom stereocenters. The molecule has 154 valence electrons. The Labute approximate surface area is 182 Å². The van der Waals surface area contributed by atoms with Crippen LogP contribution in [0.5, 0.6) is 5.75 Å². The van der Waals surface area contributed by atoms with E-state index in [1.807, 2.05) is 49.5 Å². The van der Waals surface area contributed by atoms with Crippen LogP contribution in [0.15, 0.2) is 71.6 Å². The molecule has 0 spiro atoms. The van der Waals surface area contributed by atoms with Crippen LogP contribution in [0.1, 0.15) is 16.7 Å². The van der Waals surface area contributed by atoms with Crippen LogP contribution in [-0.4, -0.2) is 24.7 Å². The highest BCUT2D eigenvalue weighted by atomic mass is 32.1. The van der Waals surface area contributed by atoms with Gasteiger partial charge in [0, 0.05) is 17.0 Å². The lowest BCUT2D eigenvalue weighted by Crippen LogP contribution is -2.10. The second-order valence-electron chi connectivity index (χ2n) is 6.57. The maximum absolute atomic E-state index is 10.7. The fourth-order valence-electron chi connectivity index (χ4n) is 2.68. The number of thiol groups is 1. The van der Waals surface area contributed by atoms with Gasteiger partial charge in [-0.05, 0) is 61.5 Å². The van der Waals surface area contributed by atoms with Crippen LogP contribution in [-0.2, 0) is 11.3 Å². The topological polar surface area (TPSA) is 82.3 Å². The first-order valence-corrected chi connectivity index (χ1v) is 9.76. The summed E-state index contributed by atoms with van der Waals surface area (Å²) in [5.74, 6) is -0.548. The second kappa shape index (κ2) is 11.7. The molecule has 0 atom stereocenters. The number of nitrogens with zero attached hydrogens (tertiary/aromatic N) is 1. The van der Waals surface area contributed by atoms with E-state index in [4.69, 9.17) is 15.1 Å². The largest absolute Gasteiger partial charge is 0.481 e. The first-order chi connectivity index (χ1) is 14.4. The molecule has 3 aromatic rings. The summed E-state index contributed by atoms with van der Waals surface area (Å²) < 4.78 is 5.36. The summed E-state index contributed by atoms with van der Waals surface area (Å²) in [7, 11) is 1.85. The SMILES string of the molecule is CNCc1ccc(OCC(=O)O)c(-c2cccc(C#N)c2)c1.Cc1ccc(S)cc1. The number of hydrogen-bond donors (Lipinski definition) is 3. The van der Waals surface area contributed by atoms with E-state index in [0.29, 0.717) is 17.9 Å². The van der Waals surface area contributed by atoms with Crippen molar-refractivity contribution in [3.05, 3.63) is 83.4 Å². The fourth-order valence-corrected chi connectivity index (χ4v) is 2.83. The van der Waals surface area contributed by atoms with Gasteiger partial charge in [0.25, 0.3) is 0 Å². The minimum Gasteiger partial charge on any atom is -0.481 e. The summed E-state index contributed by atoms with van der Waals surface area (Å²) in [6, 6.07) is 22.9. The van der Waals surface area contributed by atoms with E-state index in [1.165, 1.54) is 5.56 Å². The molecule has 0 amide bonds. The Hall–Kier alpha value is -3.27. The lowest BCUT2D eigenvalue weighted by Gasteiger charge is -2.13. The van der Waals surface area contributed by atoms with Crippen LogP contribution >= 0.6 is 12.6 Å². The zero-order valence-corrected chi connectivity index (χ0v) is 17.8. The van der Waals surface area contributed by atoms with Gasteiger partial charge in [-0.2, -0.15) is 5.26 Å². The molecule has 5 nitrogen and oxygen atoms in total. The lowest BCUT2D eigenvalue weighted by atomic mass is 10.00. The van der Waals surface area contributed by atoms with Gasteiger partial charge in [0.2, 0.25) is 0 Å². The monoisotopic (exact) mass is 420 g/mol. The van der Waals surface area contributed by atoms with E-state index < -0.39 is 12.6 Å². The number of nitrogens with one attached hydrogen (secondary N) is 1. The Balaban J connectivity index is 0.000000335. The van der Waals surface area contributed by atoms with Crippen molar-refractivity contribution in [2.45, 2.75) is 18.4 Å². The van der Waals surface area contributed by atoms with Crippen molar-refractivity contribution >= 4 is 18.6 Å². The summed E-state index contributed by atoms with van der Waals surface area (Å²) in [6.07, 6.45) is 0. The van der Waals surface area contributed by atoms with Gasteiger partial charge in [-0.25, -0.2) is 4.79 Å². The Kier molecular flexibility index (Phi) is 8.95. The highest BCUT2D eigenvalue weighted by molar-refractivity contribution is 7.80. The number of benzene rings is 3. The number of nitriles is 1. The maximum Gasteiger partial charge on any atom is 0.341 e. The van der Waals surface area contributed by atoms with Gasteiger partial charge in [-0.1, -0.05) is 35.9 Å². The van der Waals surface area contributed by atoms with Gasteiger partial charge in [0.05, 0.1) is 11.6 Å². The molecular formula is C24H24N2O3S. The molecule has 0 saturated carbocycles. The molecule has 0 saturated heterocycles. The average molecular weight is 421 g/mol. The van der Waals surface area contributed by atoms with E-state index in [1.54, 1.807) is 24.3 Å². The predicted molar refractivity (Wildman–Crippen MR) is 121 cm³/mol. The summed E-state index contributed by atoms with van der Waals surface area (Å²) in [5.41, 5.74) is 4.45. The zero-order chi connectivity index (χ0) is 21.9. The number of ether oxygens (including phenoxy) is 1. The highest BCUT2D eigenvalue weighted by Crippen LogP contribution is 2.31. The first kappa shape index (κ1) is 23.0. The van der Waals surface area contributed by atoms with Crippen molar-refractivity contribution in [2.75, 3.05) is 13.7 Å². The first-order valence-electron chi connectivity index (χ1n) is 9.31. The van der Waals surface area contributed by atoms with Gasteiger partial charge in [0.1, 0.15) is 5.75 Å². The van der Waals surface area contributed by atoms with Gasteiger partial charge < -0.3 is 15.2 Å². The number of aryl methyl sites for hydroxylation is 1. The molecule has 0 bridgehead atoms. The number of rotatable bonds is 6. The molecule has 30 heavy (non-hydrogen) atoms. The molecule has 0 heterocycles. The normalized spacial score (nSPS) is 9.80. The number of carbonyl (C=O) groups is 1. The van der Waals surface area contributed by atoms with E-state index in [-0.39, 0.29) is 0 Å². The van der Waals surface area contributed by atoms with Crippen LogP contribution in [0.25, 0.3) is 11.1 Å². The van der Waals surface area contributed by atoms with Gasteiger partial charge >= 0.3 is 5.97 Å². The minimum absolute atomic E-state index is 0.406. The van der Waals surface area contributed by atoms with Crippen LogP contribution in [0, 0.1) is 18.3 Å². The Morgan fingerprint density at radius 2 is 1.87 bits per heavy atom. The molecule has 0 aliphatic carbocycles. The summed E-state index contributed by atoms with van der Waals surface area (Å²) >= 11 is 4.13. The number of carboxylic acid groups (broad SMARTS) is 1. The fraction of sp³-hybridized carbons (Fsp3) is 0.167. The van der Waals surface area contributed by atoms with Crippen LogP contribution in [0.2, 0.25) is 0 Å². The smallest absolute Gasteiger partial charge is 0.341 e. The van der Waals surface area contributed by atoms with Crippen molar-refractivity contribution in [2.24, 2.45) is 0 Å². The second-order valence-corrected chi connectivity index (χ2v) is 7.09. The molecule has 3 rings (SSSR count). The van der Waals surface area contributed by atoms with Crippen molar-refractivity contribution in [3.63, 3.8) is 0 Å². The molecule has 0 aliphatic rings. The Morgan fingerprint density at radius 3 is 2.47 bits per heavy atom. The van der Waals surface area contributed by atoms with E-state index in [9.17, 15) is 4.79 Å². The van der Waals surface area contributed by atoms with Crippen LogP contribution in [0.4, 0.5) is 0 Å². The quantitative estimate of drug-likeness (QED) is 0.504. The molecule has 0 fully saturated rings. The van der Waals surface area contributed by atoms with Crippen LogP contribution < -0.4 is 10.1 Å². The molecule has 2 N–H and O–H groups in total. The third-order valence-corrected chi connectivity index (χ3v) is 4.41. The zero-order valence-electron chi connectivity index (χ0n) is 16.9. The Bertz CT molecular complexity index is 1010. The molecule has 0 aliphatic heterocycles. The van der Waals surface area contributed by atoms with Gasteiger partial charge in [-0.15, -0.1) is 12.6 Å². The average Bonchev–Trinajstić information content (AvgIpc) is 2.75. The molecular weight excluding hydrogens is 396 g/mol. The predicted octanol–water partition coefficient (Wildman–Crippen LogP) is 4.69. The summed E-state index contributed by atoms with van der Waals surface area (Å²) in [6.45, 7) is 2.34. The van der Waals surface area contributed by atoms with Crippen molar-refractivity contribution in [1.82, 2.24) is 5.32 Å². The van der Waals surface area contributed by atoms with Crippen molar-refractivity contribution in [3.8, 4) is 22.9 Å². The molecule has 0 aromatic heterocycles. The highest BCUT2D eigenvalue weighted by Gasteiger charge is 2.10. The Morgan fingerprint density at radius 1 is 1.13 bits per heavy atom. The van der Waals surface area contributed by atoms with E-state index >= 15 is 0 Å². The van der Waals surface area contributed by atoms with Gasteiger partial charge in [-0.3, -0.25) is 0 Å². The van der Waals surface area contributed by atoms with Crippen LogP contribution in [0.3, 0.4) is 0 Å². The third-order valence-electron chi connectivity index (χ3n) is 4.11. The molecule has 3 aromatic carbocycles. The minimum atomic E-state index is -1.03. The van der Waals surface area contributed by atoms with E-state index in [0.717, 1.165) is 21.6 Å². The molecule has 0 radical (unpaired) electrons. The van der Waals surface area contributed by atoms with E-state index in [2.05, 4.69) is 30.9 Å². The third kappa shape index (κ3) is 7.28. The van der Waals surface area contributed by atoms with Crippen molar-refractivity contribution in [1.29, 1.82) is 5.26 Å². The summed E-state index contributed by atoms with van der Waals surface area (Å²) in [4.78, 5) is 11.7. The summed E-state index contributed by atoms with van der Waals surface area (Å²) in [5, 5.41) is 20.9. The standard InChI is InChI=1S/C17H16N2O3.C7H8S/c1-19-10-13-5-6-16(22-11-17(20)21)15(8-13)14-4-2-3-12(7-14)9-18;1-6-2-4-7(8)5-3-6/h2-8,19H,10-11H2,1H3,(H,20,21);2-5,8H,1H3. The van der Waals surface area contributed by atoms with Gasteiger partial charge in [0.15, 0.2) is 6.61 Å². The maximum atomic E-state index is 10.7. The lowest BCUT2D eigenvalue weighted by molar-refractivity contribution is -0.139. The number of aliphatic carboxylic acids is 1. The molecule has 6 heteroatoms. The van der Waals surface area contributed by atoms with Crippen molar-refractivity contribution < 1.29 is 14.6 Å². The number of carboxylic acids is 1. The number of hydrogen-bond acceptors (Lipinski definition) is 5.